The van der Waals surface area contributed by atoms with Crippen molar-refractivity contribution in [3.63, 3.8) is 0 Å². The molecule has 0 radical (unpaired) electrons. The SMILES string of the molecule is CCNC(=NCc1csc(CC)n1)N(C)CCOc1ccccc1F. The van der Waals surface area contributed by atoms with Crippen LogP contribution in [0.5, 0.6) is 5.75 Å². The van der Waals surface area contributed by atoms with Gasteiger partial charge in [-0.15, -0.1) is 11.3 Å². The number of guanidine groups is 1. The van der Waals surface area contributed by atoms with Crippen LogP contribution in [0.2, 0.25) is 0 Å². The fourth-order valence-corrected chi connectivity index (χ4v) is 2.91. The Labute approximate surface area is 152 Å². The highest BCUT2D eigenvalue weighted by Gasteiger charge is 2.08. The van der Waals surface area contributed by atoms with Gasteiger partial charge in [-0.25, -0.2) is 14.4 Å². The molecule has 1 heterocycles. The molecule has 0 aliphatic carbocycles. The molecule has 25 heavy (non-hydrogen) atoms. The van der Waals surface area contributed by atoms with Crippen molar-refractivity contribution < 1.29 is 9.13 Å². The molecule has 0 aliphatic heterocycles. The Kier molecular flexibility index (Phi) is 7.66. The van der Waals surface area contributed by atoms with E-state index in [0.29, 0.717) is 19.7 Å². The average molecular weight is 364 g/mol. The summed E-state index contributed by atoms with van der Waals surface area (Å²) in [5, 5.41) is 6.43. The van der Waals surface area contributed by atoms with Crippen molar-refractivity contribution >= 4 is 17.3 Å². The molecule has 1 aromatic carbocycles. The van der Waals surface area contributed by atoms with Crippen LogP contribution in [0.15, 0.2) is 34.6 Å². The first-order chi connectivity index (χ1) is 12.1. The van der Waals surface area contributed by atoms with Gasteiger partial charge in [-0.1, -0.05) is 19.1 Å². The van der Waals surface area contributed by atoms with Crippen LogP contribution in [0.1, 0.15) is 24.5 Å². The summed E-state index contributed by atoms with van der Waals surface area (Å²) in [6.45, 7) is 6.40. The minimum Gasteiger partial charge on any atom is -0.489 e. The average Bonchev–Trinajstić information content (AvgIpc) is 3.08. The number of halogens is 1. The van der Waals surface area contributed by atoms with Gasteiger partial charge in [0.15, 0.2) is 17.5 Å². The fraction of sp³-hybridized carbons (Fsp3) is 0.444. The van der Waals surface area contributed by atoms with Crippen molar-refractivity contribution in [2.75, 3.05) is 26.7 Å². The van der Waals surface area contributed by atoms with Gasteiger partial charge in [0, 0.05) is 19.0 Å². The number of likely N-dealkylation sites (N-methyl/N-ethyl adjacent to an activating group) is 1. The zero-order valence-electron chi connectivity index (χ0n) is 15.0. The molecule has 1 aromatic heterocycles. The van der Waals surface area contributed by atoms with Crippen LogP contribution in [0, 0.1) is 5.82 Å². The number of rotatable bonds is 8. The summed E-state index contributed by atoms with van der Waals surface area (Å²) in [4.78, 5) is 11.1. The van der Waals surface area contributed by atoms with E-state index in [1.54, 1.807) is 29.5 Å². The summed E-state index contributed by atoms with van der Waals surface area (Å²) in [5.41, 5.74) is 0.980. The van der Waals surface area contributed by atoms with E-state index in [4.69, 9.17) is 4.74 Å². The maximum absolute atomic E-state index is 13.6. The van der Waals surface area contributed by atoms with Gasteiger partial charge >= 0.3 is 0 Å². The Balaban J connectivity index is 1.89. The third kappa shape index (κ3) is 6.01. The molecule has 0 aliphatic rings. The van der Waals surface area contributed by atoms with Crippen LogP contribution >= 0.6 is 11.3 Å². The molecule has 0 saturated carbocycles. The van der Waals surface area contributed by atoms with E-state index in [1.807, 2.05) is 24.3 Å². The summed E-state index contributed by atoms with van der Waals surface area (Å²) >= 11 is 1.67. The summed E-state index contributed by atoms with van der Waals surface area (Å²) in [7, 11) is 1.94. The van der Waals surface area contributed by atoms with Crippen LogP contribution in [-0.2, 0) is 13.0 Å². The molecule has 0 bridgehead atoms. The van der Waals surface area contributed by atoms with E-state index in [-0.39, 0.29) is 11.6 Å². The third-order valence-corrected chi connectivity index (χ3v) is 4.55. The van der Waals surface area contributed by atoms with E-state index >= 15 is 0 Å². The second-order valence-electron chi connectivity index (χ2n) is 5.46. The zero-order valence-corrected chi connectivity index (χ0v) is 15.8. The molecular weight excluding hydrogens is 339 g/mol. The molecule has 0 saturated heterocycles. The van der Waals surface area contributed by atoms with Crippen LogP contribution < -0.4 is 10.1 Å². The molecule has 1 N–H and O–H groups in total. The molecule has 7 heteroatoms. The molecule has 0 fully saturated rings. The summed E-state index contributed by atoms with van der Waals surface area (Å²) < 4.78 is 19.1. The second kappa shape index (κ2) is 9.98. The molecule has 0 unspecified atom stereocenters. The lowest BCUT2D eigenvalue weighted by atomic mass is 10.3. The van der Waals surface area contributed by atoms with Crippen molar-refractivity contribution in [2.24, 2.45) is 4.99 Å². The van der Waals surface area contributed by atoms with E-state index < -0.39 is 0 Å². The Hall–Kier alpha value is -2.15. The number of aromatic nitrogens is 1. The van der Waals surface area contributed by atoms with Gasteiger partial charge in [-0.2, -0.15) is 0 Å². The van der Waals surface area contributed by atoms with E-state index in [2.05, 4.69) is 22.2 Å². The first-order valence-electron chi connectivity index (χ1n) is 8.44. The van der Waals surface area contributed by atoms with E-state index in [9.17, 15) is 4.39 Å². The molecular formula is C18H25FN4OS. The number of thiazole rings is 1. The highest BCUT2D eigenvalue weighted by Crippen LogP contribution is 2.15. The number of para-hydroxylation sites is 1. The molecule has 0 spiro atoms. The fourth-order valence-electron chi connectivity index (χ4n) is 2.17. The first kappa shape index (κ1) is 19.2. The van der Waals surface area contributed by atoms with Gasteiger partial charge in [0.2, 0.25) is 0 Å². The predicted molar refractivity (Wildman–Crippen MR) is 101 cm³/mol. The minimum atomic E-state index is -0.346. The molecule has 0 amide bonds. The van der Waals surface area contributed by atoms with Gasteiger partial charge in [0.25, 0.3) is 0 Å². The maximum atomic E-state index is 13.6. The number of benzene rings is 1. The number of nitrogens with zero attached hydrogens (tertiary/aromatic N) is 3. The molecule has 0 atom stereocenters. The monoisotopic (exact) mass is 364 g/mol. The van der Waals surface area contributed by atoms with E-state index in [1.165, 1.54) is 6.07 Å². The van der Waals surface area contributed by atoms with Gasteiger partial charge in [0.1, 0.15) is 6.61 Å². The quantitative estimate of drug-likeness (QED) is 0.577. The Bertz CT molecular complexity index is 689. The van der Waals surface area contributed by atoms with Crippen LogP contribution in [0.3, 0.4) is 0 Å². The zero-order chi connectivity index (χ0) is 18.1. The Morgan fingerprint density at radius 1 is 1.36 bits per heavy atom. The highest BCUT2D eigenvalue weighted by atomic mass is 32.1. The lowest BCUT2D eigenvalue weighted by molar-refractivity contribution is 0.270. The van der Waals surface area contributed by atoms with Crippen molar-refractivity contribution in [1.82, 2.24) is 15.2 Å². The molecule has 136 valence electrons. The van der Waals surface area contributed by atoms with Crippen molar-refractivity contribution in [1.29, 1.82) is 0 Å². The number of hydrogen-bond donors (Lipinski definition) is 1. The van der Waals surface area contributed by atoms with Gasteiger partial charge in [-0.3, -0.25) is 0 Å². The van der Waals surface area contributed by atoms with Crippen LogP contribution in [-0.4, -0.2) is 42.6 Å². The normalized spacial score (nSPS) is 11.4. The van der Waals surface area contributed by atoms with E-state index in [0.717, 1.165) is 29.6 Å². The number of nitrogens with one attached hydrogen (secondary N) is 1. The highest BCUT2D eigenvalue weighted by molar-refractivity contribution is 7.09. The number of aryl methyl sites for hydroxylation is 1. The van der Waals surface area contributed by atoms with Crippen LogP contribution in [0.25, 0.3) is 0 Å². The smallest absolute Gasteiger partial charge is 0.194 e. The van der Waals surface area contributed by atoms with Gasteiger partial charge in [0.05, 0.1) is 23.8 Å². The van der Waals surface area contributed by atoms with Gasteiger partial charge < -0.3 is 15.0 Å². The first-order valence-corrected chi connectivity index (χ1v) is 9.32. The third-order valence-electron chi connectivity index (χ3n) is 3.51. The van der Waals surface area contributed by atoms with Crippen LogP contribution in [0.4, 0.5) is 4.39 Å². The largest absolute Gasteiger partial charge is 0.489 e. The van der Waals surface area contributed by atoms with Crippen molar-refractivity contribution in [3.05, 3.63) is 46.2 Å². The number of aliphatic imine (C=N–C) groups is 1. The topological polar surface area (TPSA) is 49.8 Å². The Morgan fingerprint density at radius 3 is 2.84 bits per heavy atom. The lowest BCUT2D eigenvalue weighted by Crippen LogP contribution is -2.40. The Morgan fingerprint density at radius 2 is 2.16 bits per heavy atom. The summed E-state index contributed by atoms with van der Waals surface area (Å²) in [6.07, 6.45) is 0.946. The van der Waals surface area contributed by atoms with Gasteiger partial charge in [-0.05, 0) is 25.5 Å². The van der Waals surface area contributed by atoms with Crippen molar-refractivity contribution in [3.8, 4) is 5.75 Å². The standard InChI is InChI=1S/C18H25FN4OS/c1-4-17-22-14(13-25-17)12-21-18(20-5-2)23(3)10-11-24-16-9-7-6-8-15(16)19/h6-9,13H,4-5,10-12H2,1-3H3,(H,20,21). The second-order valence-corrected chi connectivity index (χ2v) is 6.40. The van der Waals surface area contributed by atoms with Crippen molar-refractivity contribution in [2.45, 2.75) is 26.8 Å². The molecule has 5 nitrogen and oxygen atoms in total. The maximum Gasteiger partial charge on any atom is 0.194 e. The molecule has 2 aromatic rings. The molecule has 2 rings (SSSR count). The number of ether oxygens (including phenoxy) is 1. The summed E-state index contributed by atoms with van der Waals surface area (Å²) in [5.74, 6) is 0.707. The number of hydrogen-bond acceptors (Lipinski definition) is 4. The summed E-state index contributed by atoms with van der Waals surface area (Å²) in [6, 6.07) is 6.42. The lowest BCUT2D eigenvalue weighted by Gasteiger charge is -2.22. The predicted octanol–water partition coefficient (Wildman–Crippen LogP) is 3.32. The minimum absolute atomic E-state index is 0.271.